The number of hydrogen-bond donors (Lipinski definition) is 1. The molecule has 16 heavy (non-hydrogen) atoms. The number of aliphatic hydroxyl groups is 1. The van der Waals surface area contributed by atoms with E-state index in [4.69, 9.17) is 11.6 Å². The van der Waals surface area contributed by atoms with Gasteiger partial charge in [0.05, 0.1) is 19.1 Å². The van der Waals surface area contributed by atoms with E-state index in [0.29, 0.717) is 17.0 Å². The van der Waals surface area contributed by atoms with Crippen molar-refractivity contribution in [2.24, 2.45) is 5.92 Å². The molecule has 1 aromatic rings. The molecule has 0 saturated carbocycles. The third-order valence-electron chi connectivity index (χ3n) is 2.44. The van der Waals surface area contributed by atoms with E-state index in [-0.39, 0.29) is 11.9 Å². The van der Waals surface area contributed by atoms with Crippen molar-refractivity contribution in [3.05, 3.63) is 34.9 Å². The summed E-state index contributed by atoms with van der Waals surface area (Å²) in [6.07, 6.45) is -0.445. The van der Waals surface area contributed by atoms with Crippen molar-refractivity contribution in [3.8, 4) is 0 Å². The fourth-order valence-electron chi connectivity index (χ4n) is 1.50. The molecule has 0 heterocycles. The number of methoxy groups -OCH3 is 1. The molecule has 4 heteroatoms. The van der Waals surface area contributed by atoms with Crippen LogP contribution in [0.1, 0.15) is 25.0 Å². The zero-order valence-corrected chi connectivity index (χ0v) is 10.1. The fourth-order valence-corrected chi connectivity index (χ4v) is 1.77. The van der Waals surface area contributed by atoms with Crippen molar-refractivity contribution in [2.45, 2.75) is 19.4 Å². The minimum absolute atomic E-state index is 0.302. The molecule has 0 aromatic heterocycles. The van der Waals surface area contributed by atoms with E-state index < -0.39 is 6.10 Å². The summed E-state index contributed by atoms with van der Waals surface area (Å²) in [5.41, 5.74) is 0.639. The largest absolute Gasteiger partial charge is 0.469 e. The Hall–Kier alpha value is -1.06. The first-order valence-electron chi connectivity index (χ1n) is 5.06. The molecule has 3 nitrogen and oxygen atoms in total. The van der Waals surface area contributed by atoms with Crippen LogP contribution in [-0.4, -0.2) is 18.2 Å². The maximum Gasteiger partial charge on any atom is 0.308 e. The molecular formula is C12H15ClO3. The second-order valence-corrected chi connectivity index (χ2v) is 4.10. The number of carbonyl (C=O) groups excluding carboxylic acids is 1. The molecule has 1 aromatic carbocycles. The highest BCUT2D eigenvalue weighted by molar-refractivity contribution is 6.31. The molecule has 0 saturated heterocycles. The molecule has 1 rings (SSSR count). The van der Waals surface area contributed by atoms with Crippen LogP contribution in [-0.2, 0) is 9.53 Å². The third kappa shape index (κ3) is 3.22. The lowest BCUT2D eigenvalue weighted by Crippen LogP contribution is -2.16. The van der Waals surface area contributed by atoms with Crippen LogP contribution in [0.3, 0.4) is 0 Å². The smallest absolute Gasteiger partial charge is 0.308 e. The summed E-state index contributed by atoms with van der Waals surface area (Å²) < 4.78 is 4.60. The van der Waals surface area contributed by atoms with E-state index in [2.05, 4.69) is 4.74 Å². The van der Waals surface area contributed by atoms with Crippen LogP contribution in [0.15, 0.2) is 24.3 Å². The molecule has 0 spiro atoms. The second kappa shape index (κ2) is 5.87. The van der Waals surface area contributed by atoms with Crippen molar-refractivity contribution in [1.82, 2.24) is 0 Å². The van der Waals surface area contributed by atoms with E-state index in [1.807, 2.05) is 0 Å². The van der Waals surface area contributed by atoms with Crippen molar-refractivity contribution in [1.29, 1.82) is 0 Å². The molecular weight excluding hydrogens is 228 g/mol. The summed E-state index contributed by atoms with van der Waals surface area (Å²) in [4.78, 5) is 11.2. The first-order valence-corrected chi connectivity index (χ1v) is 5.44. The topological polar surface area (TPSA) is 46.5 Å². The van der Waals surface area contributed by atoms with Crippen LogP contribution >= 0.6 is 11.6 Å². The number of carbonyl (C=O) groups is 1. The number of esters is 1. The Morgan fingerprint density at radius 1 is 1.50 bits per heavy atom. The lowest BCUT2D eigenvalue weighted by Gasteiger charge is -2.16. The summed E-state index contributed by atoms with van der Waals surface area (Å²) in [6.45, 7) is 1.71. The molecule has 0 bridgehead atoms. The van der Waals surface area contributed by atoms with Crippen molar-refractivity contribution >= 4 is 17.6 Å². The summed E-state index contributed by atoms with van der Waals surface area (Å²) in [5.74, 6) is -0.678. The number of benzene rings is 1. The summed E-state index contributed by atoms with van der Waals surface area (Å²) in [6, 6.07) is 7.05. The zero-order valence-electron chi connectivity index (χ0n) is 9.31. The quantitative estimate of drug-likeness (QED) is 0.826. The van der Waals surface area contributed by atoms with Crippen LogP contribution in [0.4, 0.5) is 0 Å². The highest BCUT2D eigenvalue weighted by atomic mass is 35.5. The summed E-state index contributed by atoms with van der Waals surface area (Å²) in [5, 5.41) is 10.4. The molecule has 0 aliphatic rings. The van der Waals surface area contributed by atoms with E-state index in [0.717, 1.165) is 0 Å². The van der Waals surface area contributed by atoms with Crippen LogP contribution in [0, 0.1) is 5.92 Å². The van der Waals surface area contributed by atoms with Crippen LogP contribution in [0.2, 0.25) is 5.02 Å². The van der Waals surface area contributed by atoms with Gasteiger partial charge in [-0.3, -0.25) is 4.79 Å². The number of rotatable bonds is 4. The molecule has 1 N–H and O–H groups in total. The summed E-state index contributed by atoms with van der Waals surface area (Å²) in [7, 11) is 1.33. The Bertz CT molecular complexity index is 365. The van der Waals surface area contributed by atoms with Gasteiger partial charge in [-0.05, 0) is 18.1 Å². The van der Waals surface area contributed by atoms with Crippen molar-refractivity contribution < 1.29 is 14.6 Å². The van der Waals surface area contributed by atoms with Gasteiger partial charge in [0.2, 0.25) is 0 Å². The van der Waals surface area contributed by atoms with Crippen molar-refractivity contribution in [2.75, 3.05) is 7.11 Å². The molecule has 0 amide bonds. The Kier molecular flexibility index (Phi) is 4.77. The average Bonchev–Trinajstić information content (AvgIpc) is 2.28. The number of ether oxygens (including phenoxy) is 1. The van der Waals surface area contributed by atoms with Crippen molar-refractivity contribution in [3.63, 3.8) is 0 Å². The molecule has 0 aliphatic carbocycles. The predicted molar refractivity (Wildman–Crippen MR) is 62.2 cm³/mol. The minimum Gasteiger partial charge on any atom is -0.469 e. The van der Waals surface area contributed by atoms with Gasteiger partial charge in [0.25, 0.3) is 0 Å². The summed E-state index contributed by atoms with van der Waals surface area (Å²) >= 11 is 5.94. The lowest BCUT2D eigenvalue weighted by atomic mass is 9.98. The molecule has 0 fully saturated rings. The highest BCUT2D eigenvalue weighted by Gasteiger charge is 2.20. The minimum atomic E-state index is -0.747. The van der Waals surface area contributed by atoms with E-state index in [1.165, 1.54) is 7.11 Å². The normalized spacial score (nSPS) is 14.2. The highest BCUT2D eigenvalue weighted by Crippen LogP contribution is 2.27. The second-order valence-electron chi connectivity index (χ2n) is 3.70. The first-order chi connectivity index (χ1) is 7.56. The maximum atomic E-state index is 11.2. The Morgan fingerprint density at radius 3 is 2.69 bits per heavy atom. The maximum absolute atomic E-state index is 11.2. The first kappa shape index (κ1) is 13.0. The molecule has 2 unspecified atom stereocenters. The molecule has 0 aliphatic heterocycles. The number of halogens is 1. The van der Waals surface area contributed by atoms with Gasteiger partial charge in [-0.15, -0.1) is 0 Å². The van der Waals surface area contributed by atoms with Gasteiger partial charge in [0, 0.05) is 5.02 Å². The number of aliphatic hydroxyl groups excluding tert-OH is 1. The van der Waals surface area contributed by atoms with Gasteiger partial charge in [0.15, 0.2) is 0 Å². The van der Waals surface area contributed by atoms with Gasteiger partial charge in [0.1, 0.15) is 0 Å². The van der Waals surface area contributed by atoms with Gasteiger partial charge in [-0.2, -0.15) is 0 Å². The predicted octanol–water partition coefficient (Wildman–Crippen LogP) is 2.57. The van der Waals surface area contributed by atoms with E-state index >= 15 is 0 Å². The van der Waals surface area contributed by atoms with E-state index in [9.17, 15) is 9.90 Å². The van der Waals surface area contributed by atoms with Gasteiger partial charge in [-0.25, -0.2) is 0 Å². The fraction of sp³-hybridized carbons (Fsp3) is 0.417. The SMILES string of the molecule is COC(=O)C(C)CC(O)c1ccccc1Cl. The molecule has 88 valence electrons. The Balaban J connectivity index is 2.69. The van der Waals surface area contributed by atoms with Crippen LogP contribution in [0.25, 0.3) is 0 Å². The van der Waals surface area contributed by atoms with Crippen LogP contribution in [0.5, 0.6) is 0 Å². The lowest BCUT2D eigenvalue weighted by molar-refractivity contribution is -0.145. The standard InChI is InChI=1S/C12H15ClO3/c1-8(12(15)16-2)7-11(14)9-5-3-4-6-10(9)13/h3-6,8,11,14H,7H2,1-2H3. The number of hydrogen-bond acceptors (Lipinski definition) is 3. The third-order valence-corrected chi connectivity index (χ3v) is 2.79. The molecule has 2 atom stereocenters. The van der Waals surface area contributed by atoms with Crippen LogP contribution < -0.4 is 0 Å². The molecule has 0 radical (unpaired) electrons. The van der Waals surface area contributed by atoms with E-state index in [1.54, 1.807) is 31.2 Å². The Morgan fingerprint density at radius 2 is 2.12 bits per heavy atom. The zero-order chi connectivity index (χ0) is 12.1. The van der Waals surface area contributed by atoms with Gasteiger partial charge >= 0.3 is 5.97 Å². The van der Waals surface area contributed by atoms with Gasteiger partial charge < -0.3 is 9.84 Å². The van der Waals surface area contributed by atoms with Gasteiger partial charge in [-0.1, -0.05) is 36.7 Å². The average molecular weight is 243 g/mol. The Labute approximate surface area is 100.0 Å². The monoisotopic (exact) mass is 242 g/mol.